The molecule has 0 aliphatic carbocycles. The Morgan fingerprint density at radius 2 is 2.19 bits per heavy atom. The maximum Gasteiger partial charge on any atom is 0.249 e. The number of carbonyl (C=O) groups is 1. The standard InChI is InChI=1S/C14H20N2O4S/c1-3-11-9-16(6-7-20-11)21(18,19)12-5-4-10(2)13(8-12)14(15)17/h4-5,8,11H,3,6-7,9H2,1-2H3,(H2,15,17). The van der Waals surface area contributed by atoms with Gasteiger partial charge in [0.2, 0.25) is 15.9 Å². The highest BCUT2D eigenvalue weighted by molar-refractivity contribution is 7.89. The molecular formula is C14H20N2O4S. The molecule has 116 valence electrons. The van der Waals surface area contributed by atoms with Gasteiger partial charge in [0, 0.05) is 18.7 Å². The average molecular weight is 312 g/mol. The molecule has 0 radical (unpaired) electrons. The maximum absolute atomic E-state index is 12.7. The summed E-state index contributed by atoms with van der Waals surface area (Å²) in [6.45, 7) is 4.71. The Morgan fingerprint density at radius 3 is 2.81 bits per heavy atom. The lowest BCUT2D eigenvalue weighted by Gasteiger charge is -2.31. The number of rotatable bonds is 4. The molecule has 1 fully saturated rings. The van der Waals surface area contributed by atoms with Crippen LogP contribution in [0.25, 0.3) is 0 Å². The predicted molar refractivity (Wildman–Crippen MR) is 78.5 cm³/mol. The summed E-state index contributed by atoms with van der Waals surface area (Å²) in [6.07, 6.45) is 0.668. The van der Waals surface area contributed by atoms with Gasteiger partial charge in [-0.05, 0) is 31.0 Å². The third-order valence-electron chi connectivity index (χ3n) is 3.67. The Balaban J connectivity index is 2.35. The zero-order chi connectivity index (χ0) is 15.6. The van der Waals surface area contributed by atoms with E-state index in [2.05, 4.69) is 0 Å². The number of ether oxygens (including phenoxy) is 1. The van der Waals surface area contributed by atoms with Crippen molar-refractivity contribution in [2.75, 3.05) is 19.7 Å². The first kappa shape index (κ1) is 15.9. The molecule has 0 bridgehead atoms. The van der Waals surface area contributed by atoms with Crippen LogP contribution in [0.3, 0.4) is 0 Å². The number of sulfonamides is 1. The van der Waals surface area contributed by atoms with Gasteiger partial charge < -0.3 is 10.5 Å². The number of primary amides is 1. The number of nitrogens with two attached hydrogens (primary N) is 1. The molecule has 0 aromatic heterocycles. The molecule has 21 heavy (non-hydrogen) atoms. The van der Waals surface area contributed by atoms with E-state index in [1.165, 1.54) is 16.4 Å². The van der Waals surface area contributed by atoms with E-state index in [-0.39, 0.29) is 16.6 Å². The van der Waals surface area contributed by atoms with E-state index >= 15 is 0 Å². The Hall–Kier alpha value is -1.44. The summed E-state index contributed by atoms with van der Waals surface area (Å²) in [6, 6.07) is 4.46. The second kappa shape index (κ2) is 6.13. The summed E-state index contributed by atoms with van der Waals surface area (Å²) in [5.41, 5.74) is 6.18. The number of morpholine rings is 1. The van der Waals surface area contributed by atoms with E-state index in [1.54, 1.807) is 13.0 Å². The fourth-order valence-electron chi connectivity index (χ4n) is 2.33. The molecule has 1 aromatic carbocycles. The number of hydrogen-bond donors (Lipinski definition) is 1. The molecule has 0 spiro atoms. The van der Waals surface area contributed by atoms with Gasteiger partial charge in [-0.3, -0.25) is 4.79 Å². The number of amides is 1. The number of benzene rings is 1. The van der Waals surface area contributed by atoms with Crippen LogP contribution in [-0.2, 0) is 14.8 Å². The van der Waals surface area contributed by atoms with Gasteiger partial charge >= 0.3 is 0 Å². The lowest BCUT2D eigenvalue weighted by Crippen LogP contribution is -2.45. The van der Waals surface area contributed by atoms with Gasteiger partial charge in [-0.25, -0.2) is 8.42 Å². The third kappa shape index (κ3) is 3.25. The lowest BCUT2D eigenvalue weighted by molar-refractivity contribution is -0.00278. The van der Waals surface area contributed by atoms with Crippen molar-refractivity contribution in [2.24, 2.45) is 5.73 Å². The number of carbonyl (C=O) groups excluding carboxylic acids is 1. The van der Waals surface area contributed by atoms with E-state index in [0.29, 0.717) is 25.3 Å². The monoisotopic (exact) mass is 312 g/mol. The van der Waals surface area contributed by atoms with Gasteiger partial charge in [-0.2, -0.15) is 4.31 Å². The summed E-state index contributed by atoms with van der Waals surface area (Å²) in [5, 5.41) is 0. The summed E-state index contributed by atoms with van der Waals surface area (Å²) >= 11 is 0. The predicted octanol–water partition coefficient (Wildman–Crippen LogP) is 0.893. The van der Waals surface area contributed by atoms with Gasteiger partial charge in [0.05, 0.1) is 17.6 Å². The van der Waals surface area contributed by atoms with Crippen LogP contribution in [-0.4, -0.2) is 44.4 Å². The smallest absolute Gasteiger partial charge is 0.249 e. The number of nitrogens with zero attached hydrogens (tertiary/aromatic N) is 1. The first-order chi connectivity index (χ1) is 9.86. The molecular weight excluding hydrogens is 292 g/mol. The highest BCUT2D eigenvalue weighted by Gasteiger charge is 2.30. The van der Waals surface area contributed by atoms with E-state index < -0.39 is 15.9 Å². The van der Waals surface area contributed by atoms with Crippen molar-refractivity contribution in [3.63, 3.8) is 0 Å². The van der Waals surface area contributed by atoms with Crippen LogP contribution in [0.2, 0.25) is 0 Å². The van der Waals surface area contributed by atoms with Crippen molar-refractivity contribution in [3.05, 3.63) is 29.3 Å². The van der Waals surface area contributed by atoms with E-state index in [0.717, 1.165) is 6.42 Å². The first-order valence-electron chi connectivity index (χ1n) is 6.88. The Bertz CT molecular complexity index is 642. The zero-order valence-corrected chi connectivity index (χ0v) is 13.0. The molecule has 1 unspecified atom stereocenters. The summed E-state index contributed by atoms with van der Waals surface area (Å²) in [4.78, 5) is 11.5. The summed E-state index contributed by atoms with van der Waals surface area (Å²) in [5.74, 6) is -0.627. The van der Waals surface area contributed by atoms with Crippen LogP contribution >= 0.6 is 0 Å². The van der Waals surface area contributed by atoms with Gasteiger partial charge in [-0.15, -0.1) is 0 Å². The molecule has 1 aliphatic heterocycles. The minimum atomic E-state index is -3.63. The molecule has 1 atom stereocenters. The Morgan fingerprint density at radius 1 is 1.48 bits per heavy atom. The minimum absolute atomic E-state index is 0.0883. The van der Waals surface area contributed by atoms with E-state index in [4.69, 9.17) is 10.5 Å². The Kier molecular flexibility index (Phi) is 4.65. The molecule has 0 saturated carbocycles. The zero-order valence-electron chi connectivity index (χ0n) is 12.2. The molecule has 1 aromatic rings. The highest BCUT2D eigenvalue weighted by Crippen LogP contribution is 2.22. The molecule has 1 amide bonds. The van der Waals surface area contributed by atoms with Crippen LogP contribution < -0.4 is 5.73 Å². The average Bonchev–Trinajstić information content (AvgIpc) is 2.47. The molecule has 2 N–H and O–H groups in total. The fraction of sp³-hybridized carbons (Fsp3) is 0.500. The van der Waals surface area contributed by atoms with Crippen molar-refractivity contribution in [1.29, 1.82) is 0 Å². The quantitative estimate of drug-likeness (QED) is 0.894. The van der Waals surface area contributed by atoms with Crippen molar-refractivity contribution >= 4 is 15.9 Å². The van der Waals surface area contributed by atoms with Gasteiger partial charge in [0.1, 0.15) is 0 Å². The molecule has 1 aliphatic rings. The minimum Gasteiger partial charge on any atom is -0.375 e. The lowest BCUT2D eigenvalue weighted by atomic mass is 10.1. The first-order valence-corrected chi connectivity index (χ1v) is 8.32. The molecule has 1 saturated heterocycles. The fourth-order valence-corrected chi connectivity index (χ4v) is 3.82. The van der Waals surface area contributed by atoms with Crippen LogP contribution in [0.1, 0.15) is 29.3 Å². The SMILES string of the molecule is CCC1CN(S(=O)(=O)c2ccc(C)c(C(N)=O)c2)CCO1. The number of aryl methyl sites for hydroxylation is 1. The maximum atomic E-state index is 12.7. The topological polar surface area (TPSA) is 89.7 Å². The van der Waals surface area contributed by atoms with Crippen molar-refractivity contribution < 1.29 is 17.9 Å². The highest BCUT2D eigenvalue weighted by atomic mass is 32.2. The van der Waals surface area contributed by atoms with Gasteiger partial charge in [0.15, 0.2) is 0 Å². The van der Waals surface area contributed by atoms with E-state index in [1.807, 2.05) is 6.92 Å². The van der Waals surface area contributed by atoms with Crippen molar-refractivity contribution in [1.82, 2.24) is 4.31 Å². The van der Waals surface area contributed by atoms with Crippen LogP contribution in [0.5, 0.6) is 0 Å². The second-order valence-corrected chi connectivity index (χ2v) is 7.04. The van der Waals surface area contributed by atoms with Crippen molar-refractivity contribution in [3.8, 4) is 0 Å². The van der Waals surface area contributed by atoms with Crippen LogP contribution in [0.4, 0.5) is 0 Å². The van der Waals surface area contributed by atoms with Gasteiger partial charge in [-0.1, -0.05) is 13.0 Å². The third-order valence-corrected chi connectivity index (χ3v) is 5.53. The van der Waals surface area contributed by atoms with Crippen molar-refractivity contribution in [2.45, 2.75) is 31.3 Å². The normalized spacial score (nSPS) is 20.4. The second-order valence-electron chi connectivity index (χ2n) is 5.11. The molecule has 2 rings (SSSR count). The Labute approximate surface area is 124 Å². The molecule has 7 heteroatoms. The summed E-state index contributed by atoms with van der Waals surface area (Å²) in [7, 11) is -3.63. The summed E-state index contributed by atoms with van der Waals surface area (Å²) < 4.78 is 32.2. The van der Waals surface area contributed by atoms with Crippen LogP contribution in [0, 0.1) is 6.92 Å². The van der Waals surface area contributed by atoms with Gasteiger partial charge in [0.25, 0.3) is 0 Å². The molecule has 1 heterocycles. The molecule has 6 nitrogen and oxygen atoms in total. The number of hydrogen-bond acceptors (Lipinski definition) is 4. The largest absolute Gasteiger partial charge is 0.375 e. The van der Waals surface area contributed by atoms with E-state index in [9.17, 15) is 13.2 Å². The van der Waals surface area contributed by atoms with Crippen LogP contribution in [0.15, 0.2) is 23.1 Å².